The summed E-state index contributed by atoms with van der Waals surface area (Å²) in [5.74, 6) is -0.450. The largest absolute Gasteiger partial charge is 0.496 e. The molecule has 0 unspecified atom stereocenters. The van der Waals surface area contributed by atoms with Crippen LogP contribution < -0.4 is 10.1 Å². The molecule has 9 heteroatoms. The molecular weight excluding hydrogens is 384 g/mol. The van der Waals surface area contributed by atoms with E-state index in [0.29, 0.717) is 12.8 Å². The van der Waals surface area contributed by atoms with Crippen molar-refractivity contribution in [3.63, 3.8) is 0 Å². The third-order valence-electron chi connectivity index (χ3n) is 4.80. The second kappa shape index (κ2) is 7.97. The number of nitrogens with one attached hydrogen (secondary N) is 1. The molecule has 8 nitrogen and oxygen atoms in total. The van der Waals surface area contributed by atoms with E-state index >= 15 is 0 Å². The zero-order valence-corrected chi connectivity index (χ0v) is 16.1. The van der Waals surface area contributed by atoms with Crippen LogP contribution in [0.1, 0.15) is 36.0 Å². The number of anilines is 1. The minimum Gasteiger partial charge on any atom is -0.496 e. The van der Waals surface area contributed by atoms with Gasteiger partial charge in [0, 0.05) is 17.8 Å². The number of benzene rings is 2. The Balaban J connectivity index is 1.87. The van der Waals surface area contributed by atoms with Crippen LogP contribution in [-0.2, 0) is 9.84 Å². The van der Waals surface area contributed by atoms with Crippen molar-refractivity contribution in [2.24, 2.45) is 0 Å². The summed E-state index contributed by atoms with van der Waals surface area (Å²) in [5.41, 5.74) is 0.0295. The highest BCUT2D eigenvalue weighted by Crippen LogP contribution is 2.31. The van der Waals surface area contributed by atoms with E-state index in [4.69, 9.17) is 4.74 Å². The lowest BCUT2D eigenvalue weighted by atomic mass is 10.1. The number of amides is 1. The lowest BCUT2D eigenvalue weighted by Gasteiger charge is -2.13. The van der Waals surface area contributed by atoms with Gasteiger partial charge in [-0.1, -0.05) is 18.9 Å². The van der Waals surface area contributed by atoms with E-state index in [1.54, 1.807) is 12.1 Å². The lowest BCUT2D eigenvalue weighted by molar-refractivity contribution is -0.384. The van der Waals surface area contributed by atoms with Crippen molar-refractivity contribution in [2.45, 2.75) is 35.8 Å². The number of hydrogen-bond donors (Lipinski definition) is 1. The highest BCUT2D eigenvalue weighted by atomic mass is 32.2. The maximum atomic E-state index is 12.8. The zero-order chi connectivity index (χ0) is 20.3. The Morgan fingerprint density at radius 2 is 1.89 bits per heavy atom. The minimum atomic E-state index is -3.46. The molecule has 0 aliphatic heterocycles. The maximum Gasteiger partial charge on any atom is 0.270 e. The van der Waals surface area contributed by atoms with Crippen LogP contribution in [0.25, 0.3) is 0 Å². The lowest BCUT2D eigenvalue weighted by Crippen LogP contribution is -2.18. The number of nitro groups is 1. The molecule has 1 amide bonds. The number of nitro benzene ring substituents is 1. The van der Waals surface area contributed by atoms with E-state index in [1.807, 2.05) is 0 Å². The van der Waals surface area contributed by atoms with Gasteiger partial charge in [0.1, 0.15) is 5.75 Å². The number of non-ortho nitro benzene ring substituents is 1. The second-order valence-corrected chi connectivity index (χ2v) is 8.80. The number of hydrogen-bond acceptors (Lipinski definition) is 6. The molecule has 0 radical (unpaired) electrons. The van der Waals surface area contributed by atoms with Gasteiger partial charge in [0.2, 0.25) is 0 Å². The number of carbonyl (C=O) groups is 1. The first kappa shape index (κ1) is 19.8. The van der Waals surface area contributed by atoms with Crippen LogP contribution in [0.5, 0.6) is 5.75 Å². The number of carbonyl (C=O) groups excluding carboxylic acids is 1. The SMILES string of the molecule is COc1ccc([N+](=O)[O-])cc1C(=O)Nc1cccc(S(=O)(=O)C2CCCC2)c1. The van der Waals surface area contributed by atoms with Gasteiger partial charge in [-0.25, -0.2) is 8.42 Å². The molecular formula is C19H20N2O6S. The molecule has 0 atom stereocenters. The zero-order valence-electron chi connectivity index (χ0n) is 15.3. The van der Waals surface area contributed by atoms with Gasteiger partial charge in [0.15, 0.2) is 9.84 Å². The molecule has 0 spiro atoms. The normalized spacial score (nSPS) is 14.6. The van der Waals surface area contributed by atoms with Gasteiger partial charge >= 0.3 is 0 Å². The Bertz CT molecular complexity index is 1010. The smallest absolute Gasteiger partial charge is 0.270 e. The molecule has 148 valence electrons. The number of rotatable bonds is 6. The molecule has 0 bridgehead atoms. The molecule has 0 aromatic heterocycles. The van der Waals surface area contributed by atoms with Crippen molar-refractivity contribution < 1.29 is 22.9 Å². The Hall–Kier alpha value is -2.94. The number of ether oxygens (including phenoxy) is 1. The number of sulfone groups is 1. The predicted octanol–water partition coefficient (Wildman–Crippen LogP) is 3.57. The molecule has 1 aliphatic carbocycles. The standard InChI is InChI=1S/C19H20N2O6S/c1-27-18-10-9-14(21(23)24)12-17(18)19(22)20-13-5-4-8-16(11-13)28(25,26)15-6-2-3-7-15/h4-5,8-12,15H,2-3,6-7H2,1H3,(H,20,22). The Kier molecular flexibility index (Phi) is 5.64. The fourth-order valence-electron chi connectivity index (χ4n) is 3.33. The molecule has 3 rings (SSSR count). The van der Waals surface area contributed by atoms with E-state index in [9.17, 15) is 23.3 Å². The summed E-state index contributed by atoms with van der Waals surface area (Å²) >= 11 is 0. The summed E-state index contributed by atoms with van der Waals surface area (Å²) in [6, 6.07) is 9.75. The van der Waals surface area contributed by atoms with E-state index in [0.717, 1.165) is 18.9 Å². The fourth-order valence-corrected chi connectivity index (χ4v) is 5.23. The molecule has 0 saturated heterocycles. The number of nitrogens with zero attached hydrogens (tertiary/aromatic N) is 1. The highest BCUT2D eigenvalue weighted by molar-refractivity contribution is 7.92. The summed E-state index contributed by atoms with van der Waals surface area (Å²) in [6.07, 6.45) is 3.08. The monoisotopic (exact) mass is 404 g/mol. The van der Waals surface area contributed by atoms with Crippen molar-refractivity contribution in [1.82, 2.24) is 0 Å². The van der Waals surface area contributed by atoms with Crippen molar-refractivity contribution in [3.05, 3.63) is 58.1 Å². The van der Waals surface area contributed by atoms with Gasteiger partial charge in [0.25, 0.3) is 11.6 Å². The number of methoxy groups -OCH3 is 1. The van der Waals surface area contributed by atoms with Gasteiger partial charge in [-0.2, -0.15) is 0 Å². The average Bonchev–Trinajstić information content (AvgIpc) is 3.23. The maximum absolute atomic E-state index is 12.8. The van der Waals surface area contributed by atoms with Crippen LogP contribution in [0.2, 0.25) is 0 Å². The van der Waals surface area contributed by atoms with Crippen LogP contribution >= 0.6 is 0 Å². The molecule has 28 heavy (non-hydrogen) atoms. The Labute approximate surface area is 162 Å². The van der Waals surface area contributed by atoms with Crippen molar-refractivity contribution in [3.8, 4) is 5.75 Å². The molecule has 0 heterocycles. The molecule has 1 fully saturated rings. The van der Waals surface area contributed by atoms with E-state index in [1.165, 1.54) is 31.4 Å². The second-order valence-electron chi connectivity index (χ2n) is 6.58. The van der Waals surface area contributed by atoms with Crippen LogP contribution in [0.4, 0.5) is 11.4 Å². The quantitative estimate of drug-likeness (QED) is 0.581. The molecule has 2 aromatic carbocycles. The van der Waals surface area contributed by atoms with Gasteiger partial charge in [-0.3, -0.25) is 14.9 Å². The first-order chi connectivity index (χ1) is 13.3. The average molecular weight is 404 g/mol. The van der Waals surface area contributed by atoms with E-state index in [2.05, 4.69) is 5.32 Å². The van der Waals surface area contributed by atoms with Crippen LogP contribution in [-0.4, -0.2) is 31.6 Å². The highest BCUT2D eigenvalue weighted by Gasteiger charge is 2.30. The third-order valence-corrected chi connectivity index (χ3v) is 7.06. The summed E-state index contributed by atoms with van der Waals surface area (Å²) in [7, 11) is -2.10. The van der Waals surface area contributed by atoms with Crippen LogP contribution in [0.15, 0.2) is 47.4 Å². The molecule has 1 saturated carbocycles. The Morgan fingerprint density at radius 3 is 2.54 bits per heavy atom. The van der Waals surface area contributed by atoms with Crippen LogP contribution in [0, 0.1) is 10.1 Å². The predicted molar refractivity (Wildman–Crippen MR) is 103 cm³/mol. The topological polar surface area (TPSA) is 116 Å². The van der Waals surface area contributed by atoms with Crippen LogP contribution in [0.3, 0.4) is 0 Å². The minimum absolute atomic E-state index is 0.0132. The van der Waals surface area contributed by atoms with E-state index in [-0.39, 0.29) is 27.6 Å². The van der Waals surface area contributed by atoms with Crippen molar-refractivity contribution in [1.29, 1.82) is 0 Å². The van der Waals surface area contributed by atoms with E-state index < -0.39 is 25.9 Å². The summed E-state index contributed by atoms with van der Waals surface area (Å²) < 4.78 is 30.6. The first-order valence-corrected chi connectivity index (χ1v) is 10.4. The Morgan fingerprint density at radius 1 is 1.18 bits per heavy atom. The van der Waals surface area contributed by atoms with Gasteiger partial charge < -0.3 is 10.1 Å². The van der Waals surface area contributed by atoms with Gasteiger partial charge in [0.05, 0.1) is 27.7 Å². The summed E-state index contributed by atoms with van der Waals surface area (Å²) in [6.45, 7) is 0. The molecule has 1 aliphatic rings. The fraction of sp³-hybridized carbons (Fsp3) is 0.316. The van der Waals surface area contributed by atoms with Crippen molar-refractivity contribution in [2.75, 3.05) is 12.4 Å². The van der Waals surface area contributed by atoms with Crippen molar-refractivity contribution >= 4 is 27.1 Å². The summed E-state index contributed by atoms with van der Waals surface area (Å²) in [5, 5.41) is 13.2. The summed E-state index contributed by atoms with van der Waals surface area (Å²) in [4.78, 5) is 23.2. The molecule has 2 aromatic rings. The third kappa shape index (κ3) is 3.99. The van der Waals surface area contributed by atoms with Gasteiger partial charge in [-0.15, -0.1) is 0 Å². The van der Waals surface area contributed by atoms with Gasteiger partial charge in [-0.05, 0) is 37.1 Å². The first-order valence-electron chi connectivity index (χ1n) is 8.80. The molecule has 1 N–H and O–H groups in total.